The van der Waals surface area contributed by atoms with Gasteiger partial charge in [-0.25, -0.2) is 0 Å². The van der Waals surface area contributed by atoms with Crippen molar-refractivity contribution in [3.8, 4) is 22.3 Å². The molecule has 3 rings (SSSR count). The van der Waals surface area contributed by atoms with Crippen molar-refractivity contribution in [2.75, 3.05) is 5.73 Å². The minimum Gasteiger partial charge on any atom is -0.398 e. The van der Waals surface area contributed by atoms with Crippen LogP contribution >= 0.6 is 0 Å². The zero-order chi connectivity index (χ0) is 13.9. The van der Waals surface area contributed by atoms with Crippen molar-refractivity contribution in [1.29, 1.82) is 0 Å². The highest BCUT2D eigenvalue weighted by Crippen LogP contribution is 2.32. The quantitative estimate of drug-likeness (QED) is 0.650. The minimum atomic E-state index is 0.819. The smallest absolute Gasteiger partial charge is 0.0394 e. The lowest BCUT2D eigenvalue weighted by Crippen LogP contribution is -1.92. The van der Waals surface area contributed by atoms with Gasteiger partial charge in [0.2, 0.25) is 0 Å². The number of rotatable bonds is 2. The molecule has 0 fully saturated rings. The fourth-order valence-corrected chi connectivity index (χ4v) is 2.47. The molecule has 0 saturated heterocycles. The fourth-order valence-electron chi connectivity index (χ4n) is 2.47. The number of hydrogen-bond acceptors (Lipinski definition) is 1. The highest BCUT2D eigenvalue weighted by atomic mass is 14.6. The van der Waals surface area contributed by atoms with Crippen molar-refractivity contribution < 1.29 is 0 Å². The van der Waals surface area contributed by atoms with Crippen molar-refractivity contribution in [3.63, 3.8) is 0 Å². The highest BCUT2D eigenvalue weighted by molar-refractivity contribution is 5.83. The molecule has 98 valence electrons. The molecule has 0 amide bonds. The van der Waals surface area contributed by atoms with Gasteiger partial charge in [0.1, 0.15) is 0 Å². The van der Waals surface area contributed by atoms with Crippen molar-refractivity contribution in [2.24, 2.45) is 0 Å². The van der Waals surface area contributed by atoms with E-state index >= 15 is 0 Å². The summed E-state index contributed by atoms with van der Waals surface area (Å²) in [5, 5.41) is 0. The molecule has 3 aromatic carbocycles. The van der Waals surface area contributed by atoms with Crippen LogP contribution in [0.1, 0.15) is 5.56 Å². The fraction of sp³-hybridized carbons (Fsp3) is 0.0526. The number of aryl methyl sites for hydroxylation is 1. The van der Waals surface area contributed by atoms with Gasteiger partial charge in [-0.1, -0.05) is 60.7 Å². The van der Waals surface area contributed by atoms with Gasteiger partial charge >= 0.3 is 0 Å². The van der Waals surface area contributed by atoms with Crippen LogP contribution in [0.25, 0.3) is 22.3 Å². The van der Waals surface area contributed by atoms with Crippen LogP contribution in [0.4, 0.5) is 5.69 Å². The zero-order valence-electron chi connectivity index (χ0n) is 11.5. The molecule has 2 N–H and O–H groups in total. The van der Waals surface area contributed by atoms with E-state index in [1.165, 1.54) is 22.3 Å². The Labute approximate surface area is 119 Å². The molecule has 1 nitrogen and oxygen atoms in total. The highest BCUT2D eigenvalue weighted by Gasteiger charge is 2.07. The van der Waals surface area contributed by atoms with E-state index in [0.29, 0.717) is 0 Å². The summed E-state index contributed by atoms with van der Waals surface area (Å²) in [4.78, 5) is 0. The predicted molar refractivity (Wildman–Crippen MR) is 86.5 cm³/mol. The van der Waals surface area contributed by atoms with E-state index in [1.54, 1.807) is 0 Å². The third-order valence-corrected chi connectivity index (χ3v) is 3.60. The number of benzene rings is 3. The van der Waals surface area contributed by atoms with Crippen LogP contribution in [0, 0.1) is 6.92 Å². The Morgan fingerprint density at radius 2 is 1.35 bits per heavy atom. The lowest BCUT2D eigenvalue weighted by molar-refractivity contribution is 1.46. The van der Waals surface area contributed by atoms with E-state index in [1.807, 2.05) is 12.1 Å². The number of nitrogens with two attached hydrogens (primary N) is 1. The predicted octanol–water partition coefficient (Wildman–Crippen LogP) is 4.91. The summed E-state index contributed by atoms with van der Waals surface area (Å²) in [6.45, 7) is 2.12. The molecule has 0 heterocycles. The molecule has 20 heavy (non-hydrogen) atoms. The second kappa shape index (κ2) is 5.22. The molecule has 0 saturated carbocycles. The van der Waals surface area contributed by atoms with Gasteiger partial charge in [-0.15, -0.1) is 0 Å². The van der Waals surface area contributed by atoms with Crippen LogP contribution in [-0.4, -0.2) is 0 Å². The Balaban J connectivity index is 2.15. The summed E-state index contributed by atoms with van der Waals surface area (Å²) in [6, 6.07) is 25.0. The Morgan fingerprint density at radius 3 is 2.10 bits per heavy atom. The second-order valence-electron chi connectivity index (χ2n) is 4.98. The summed E-state index contributed by atoms with van der Waals surface area (Å²) in [7, 11) is 0. The lowest BCUT2D eigenvalue weighted by Gasteiger charge is -2.11. The molecular weight excluding hydrogens is 242 g/mol. The summed E-state index contributed by atoms with van der Waals surface area (Å²) >= 11 is 0. The van der Waals surface area contributed by atoms with E-state index in [0.717, 1.165) is 11.3 Å². The number of nitrogen functional groups attached to an aromatic ring is 1. The average molecular weight is 259 g/mol. The largest absolute Gasteiger partial charge is 0.398 e. The monoisotopic (exact) mass is 259 g/mol. The normalized spacial score (nSPS) is 10.4. The molecule has 0 spiro atoms. The minimum absolute atomic E-state index is 0.819. The number of anilines is 1. The third kappa shape index (κ3) is 2.30. The van der Waals surface area contributed by atoms with Crippen molar-refractivity contribution >= 4 is 5.69 Å². The first kappa shape index (κ1) is 12.5. The van der Waals surface area contributed by atoms with E-state index < -0.39 is 0 Å². The van der Waals surface area contributed by atoms with Gasteiger partial charge < -0.3 is 5.73 Å². The van der Waals surface area contributed by atoms with Gasteiger partial charge in [0, 0.05) is 11.3 Å². The molecule has 0 atom stereocenters. The Morgan fingerprint density at radius 1 is 0.650 bits per heavy atom. The maximum absolute atomic E-state index is 6.17. The van der Waals surface area contributed by atoms with Crippen LogP contribution in [0.3, 0.4) is 0 Å². The van der Waals surface area contributed by atoms with Crippen molar-refractivity contribution in [2.45, 2.75) is 6.92 Å². The summed E-state index contributed by atoms with van der Waals surface area (Å²) in [5.74, 6) is 0. The molecule has 0 aliphatic heterocycles. The van der Waals surface area contributed by atoms with Gasteiger partial charge in [0.05, 0.1) is 0 Å². The van der Waals surface area contributed by atoms with Gasteiger partial charge in [-0.3, -0.25) is 0 Å². The van der Waals surface area contributed by atoms with Crippen LogP contribution in [0.2, 0.25) is 0 Å². The molecule has 3 aromatic rings. The zero-order valence-corrected chi connectivity index (χ0v) is 11.5. The first-order valence-electron chi connectivity index (χ1n) is 6.76. The van der Waals surface area contributed by atoms with Gasteiger partial charge in [0.15, 0.2) is 0 Å². The van der Waals surface area contributed by atoms with Crippen LogP contribution in [0.15, 0.2) is 72.8 Å². The Bertz CT molecular complexity index is 730. The Kier molecular flexibility index (Phi) is 3.26. The molecular formula is C19H17N. The molecule has 0 aromatic heterocycles. The first-order chi connectivity index (χ1) is 9.75. The average Bonchev–Trinajstić information content (AvgIpc) is 2.49. The third-order valence-electron chi connectivity index (χ3n) is 3.60. The maximum Gasteiger partial charge on any atom is 0.0394 e. The molecule has 0 aliphatic carbocycles. The second-order valence-corrected chi connectivity index (χ2v) is 4.98. The SMILES string of the molecule is Cc1ccccc1-c1cc(-c2ccccc2)ccc1N. The molecule has 0 unspecified atom stereocenters. The van der Waals surface area contributed by atoms with E-state index in [-0.39, 0.29) is 0 Å². The number of hydrogen-bond donors (Lipinski definition) is 1. The van der Waals surface area contributed by atoms with E-state index in [9.17, 15) is 0 Å². The Hall–Kier alpha value is -2.54. The van der Waals surface area contributed by atoms with E-state index in [2.05, 4.69) is 67.6 Å². The standard InChI is InChI=1S/C19H17N/c1-14-7-5-6-10-17(14)18-13-16(11-12-19(18)20)15-8-3-2-4-9-15/h2-13H,20H2,1H3. The van der Waals surface area contributed by atoms with Gasteiger partial charge in [-0.2, -0.15) is 0 Å². The molecule has 0 bridgehead atoms. The van der Waals surface area contributed by atoms with Crippen molar-refractivity contribution in [1.82, 2.24) is 0 Å². The lowest BCUT2D eigenvalue weighted by atomic mass is 9.95. The van der Waals surface area contributed by atoms with Gasteiger partial charge in [0.25, 0.3) is 0 Å². The summed E-state index contributed by atoms with van der Waals surface area (Å²) < 4.78 is 0. The first-order valence-corrected chi connectivity index (χ1v) is 6.76. The van der Waals surface area contributed by atoms with Crippen molar-refractivity contribution in [3.05, 3.63) is 78.4 Å². The maximum atomic E-state index is 6.17. The molecule has 0 radical (unpaired) electrons. The summed E-state index contributed by atoms with van der Waals surface area (Å²) in [6.07, 6.45) is 0. The summed E-state index contributed by atoms with van der Waals surface area (Å²) in [5.41, 5.74) is 12.9. The van der Waals surface area contributed by atoms with Crippen LogP contribution < -0.4 is 5.73 Å². The van der Waals surface area contributed by atoms with E-state index in [4.69, 9.17) is 5.73 Å². The van der Waals surface area contributed by atoms with Crippen LogP contribution in [0.5, 0.6) is 0 Å². The topological polar surface area (TPSA) is 26.0 Å². The van der Waals surface area contributed by atoms with Crippen LogP contribution in [-0.2, 0) is 0 Å². The van der Waals surface area contributed by atoms with Gasteiger partial charge in [-0.05, 0) is 41.3 Å². The molecule has 1 heteroatoms. The molecule has 0 aliphatic rings.